The summed E-state index contributed by atoms with van der Waals surface area (Å²) in [5, 5.41) is 2.70. The maximum atomic E-state index is 12.4. The SMILES string of the molecule is C[C@@H](NC(=O)CN1C(=O)CSc2ccccc21)C(=O)N1CCOCC1. The van der Waals surface area contributed by atoms with Gasteiger partial charge >= 0.3 is 0 Å². The Hall–Kier alpha value is -2.06. The van der Waals surface area contributed by atoms with Crippen molar-refractivity contribution >= 4 is 35.2 Å². The highest BCUT2D eigenvalue weighted by Crippen LogP contribution is 2.34. The molecule has 0 saturated carbocycles. The molecule has 0 unspecified atom stereocenters. The van der Waals surface area contributed by atoms with Crippen molar-refractivity contribution in [1.29, 1.82) is 0 Å². The summed E-state index contributed by atoms with van der Waals surface area (Å²) in [6.07, 6.45) is 0. The van der Waals surface area contributed by atoms with E-state index < -0.39 is 6.04 Å². The molecule has 0 radical (unpaired) electrons. The van der Waals surface area contributed by atoms with Gasteiger partial charge in [-0.05, 0) is 19.1 Å². The average Bonchev–Trinajstić information content (AvgIpc) is 2.64. The zero-order chi connectivity index (χ0) is 17.8. The molecule has 134 valence electrons. The third-order valence-corrected chi connectivity index (χ3v) is 5.23. The second-order valence-corrected chi connectivity index (χ2v) is 6.98. The highest BCUT2D eigenvalue weighted by Gasteiger charge is 2.28. The quantitative estimate of drug-likeness (QED) is 0.842. The van der Waals surface area contributed by atoms with Crippen LogP contribution < -0.4 is 10.2 Å². The highest BCUT2D eigenvalue weighted by atomic mass is 32.2. The lowest BCUT2D eigenvalue weighted by Gasteiger charge is -2.31. The molecular weight excluding hydrogens is 342 g/mol. The first kappa shape index (κ1) is 17.8. The van der Waals surface area contributed by atoms with Gasteiger partial charge in [0.15, 0.2) is 0 Å². The molecule has 1 aromatic carbocycles. The maximum absolute atomic E-state index is 12.4. The Morgan fingerprint density at radius 1 is 1.28 bits per heavy atom. The fourth-order valence-electron chi connectivity index (χ4n) is 2.88. The number of hydrogen-bond donors (Lipinski definition) is 1. The Balaban J connectivity index is 1.60. The summed E-state index contributed by atoms with van der Waals surface area (Å²) in [4.78, 5) is 41.1. The first-order valence-corrected chi connectivity index (χ1v) is 9.23. The van der Waals surface area contributed by atoms with Crippen molar-refractivity contribution in [1.82, 2.24) is 10.2 Å². The molecule has 0 aromatic heterocycles. The van der Waals surface area contributed by atoms with Gasteiger partial charge in [0.1, 0.15) is 12.6 Å². The molecule has 1 fully saturated rings. The number of amides is 3. The van der Waals surface area contributed by atoms with Crippen LogP contribution in [0.4, 0.5) is 5.69 Å². The number of carbonyl (C=O) groups is 3. The van der Waals surface area contributed by atoms with Crippen LogP contribution in [0.3, 0.4) is 0 Å². The summed E-state index contributed by atoms with van der Waals surface area (Å²) in [5.41, 5.74) is 0.742. The fourth-order valence-corrected chi connectivity index (χ4v) is 3.81. The lowest BCUT2D eigenvalue weighted by molar-refractivity contribution is -0.139. The fraction of sp³-hybridized carbons (Fsp3) is 0.471. The Bertz CT molecular complexity index is 676. The van der Waals surface area contributed by atoms with Gasteiger partial charge in [-0.15, -0.1) is 11.8 Å². The van der Waals surface area contributed by atoms with E-state index in [4.69, 9.17) is 4.74 Å². The minimum atomic E-state index is -0.630. The molecule has 7 nitrogen and oxygen atoms in total. The van der Waals surface area contributed by atoms with Crippen molar-refractivity contribution < 1.29 is 19.1 Å². The number of para-hydroxylation sites is 1. The summed E-state index contributed by atoms with van der Waals surface area (Å²) in [6, 6.07) is 6.88. The van der Waals surface area contributed by atoms with Crippen molar-refractivity contribution in [3.8, 4) is 0 Å². The lowest BCUT2D eigenvalue weighted by atomic mass is 10.2. The van der Waals surface area contributed by atoms with Crippen LogP contribution in [0, 0.1) is 0 Å². The first-order valence-electron chi connectivity index (χ1n) is 8.24. The first-order chi connectivity index (χ1) is 12.1. The minimum Gasteiger partial charge on any atom is -0.378 e. The number of carbonyl (C=O) groups excluding carboxylic acids is 3. The molecule has 2 aliphatic heterocycles. The monoisotopic (exact) mass is 363 g/mol. The number of benzene rings is 1. The number of hydrogen-bond acceptors (Lipinski definition) is 5. The van der Waals surface area contributed by atoms with Gasteiger partial charge in [-0.3, -0.25) is 14.4 Å². The van der Waals surface area contributed by atoms with Crippen molar-refractivity contribution in [3.63, 3.8) is 0 Å². The van der Waals surface area contributed by atoms with E-state index in [1.54, 1.807) is 11.8 Å². The molecule has 0 spiro atoms. The zero-order valence-corrected chi connectivity index (χ0v) is 14.9. The van der Waals surface area contributed by atoms with E-state index in [1.807, 2.05) is 24.3 Å². The normalized spacial score (nSPS) is 18.5. The number of rotatable bonds is 4. The van der Waals surface area contributed by atoms with Gasteiger partial charge in [0.05, 0.1) is 24.7 Å². The van der Waals surface area contributed by atoms with Crippen molar-refractivity contribution in [2.45, 2.75) is 17.9 Å². The Morgan fingerprint density at radius 2 is 2.00 bits per heavy atom. The van der Waals surface area contributed by atoms with Crippen LogP contribution in [0.1, 0.15) is 6.92 Å². The number of anilines is 1. The van der Waals surface area contributed by atoms with Gasteiger partial charge in [-0.25, -0.2) is 0 Å². The molecule has 8 heteroatoms. The van der Waals surface area contributed by atoms with E-state index in [9.17, 15) is 14.4 Å². The molecule has 3 amide bonds. The van der Waals surface area contributed by atoms with Crippen LogP contribution in [0.2, 0.25) is 0 Å². The van der Waals surface area contributed by atoms with E-state index in [0.717, 1.165) is 10.6 Å². The van der Waals surface area contributed by atoms with E-state index in [-0.39, 0.29) is 24.3 Å². The average molecular weight is 363 g/mol. The van der Waals surface area contributed by atoms with Gasteiger partial charge in [0, 0.05) is 18.0 Å². The molecule has 25 heavy (non-hydrogen) atoms. The molecular formula is C17H21N3O4S. The number of morpholine rings is 1. The van der Waals surface area contributed by atoms with Gasteiger partial charge in [0.2, 0.25) is 17.7 Å². The number of nitrogens with zero attached hydrogens (tertiary/aromatic N) is 2. The Kier molecular flexibility index (Phi) is 5.60. The molecule has 1 saturated heterocycles. The third-order valence-electron chi connectivity index (χ3n) is 4.18. The van der Waals surface area contributed by atoms with Crippen LogP contribution in [0.25, 0.3) is 0 Å². The number of nitrogens with one attached hydrogen (secondary N) is 1. The van der Waals surface area contributed by atoms with Crippen molar-refractivity contribution in [2.75, 3.05) is 43.5 Å². The topological polar surface area (TPSA) is 79.0 Å². The summed E-state index contributed by atoms with van der Waals surface area (Å²) in [5.74, 6) is -0.264. The van der Waals surface area contributed by atoms with Crippen LogP contribution in [-0.4, -0.2) is 67.3 Å². The highest BCUT2D eigenvalue weighted by molar-refractivity contribution is 8.00. The van der Waals surface area contributed by atoms with E-state index in [1.165, 1.54) is 16.7 Å². The van der Waals surface area contributed by atoms with Gasteiger partial charge in [-0.1, -0.05) is 12.1 Å². The van der Waals surface area contributed by atoms with Crippen LogP contribution >= 0.6 is 11.8 Å². The second kappa shape index (κ2) is 7.88. The summed E-state index contributed by atoms with van der Waals surface area (Å²) in [7, 11) is 0. The Morgan fingerprint density at radius 3 is 2.76 bits per heavy atom. The van der Waals surface area contributed by atoms with Crippen molar-refractivity contribution in [3.05, 3.63) is 24.3 Å². The lowest BCUT2D eigenvalue weighted by Crippen LogP contribution is -2.52. The summed E-state index contributed by atoms with van der Waals surface area (Å²) in [6.45, 7) is 3.68. The predicted molar refractivity (Wildman–Crippen MR) is 94.5 cm³/mol. The largest absolute Gasteiger partial charge is 0.378 e. The van der Waals surface area contributed by atoms with Crippen LogP contribution in [0.15, 0.2) is 29.2 Å². The van der Waals surface area contributed by atoms with Crippen LogP contribution in [0.5, 0.6) is 0 Å². The maximum Gasteiger partial charge on any atom is 0.245 e. The Labute approximate surface area is 150 Å². The van der Waals surface area contributed by atoms with E-state index in [0.29, 0.717) is 32.1 Å². The van der Waals surface area contributed by atoms with E-state index >= 15 is 0 Å². The molecule has 0 bridgehead atoms. The van der Waals surface area contributed by atoms with Gasteiger partial charge in [0.25, 0.3) is 0 Å². The molecule has 1 aromatic rings. The second-order valence-electron chi connectivity index (χ2n) is 5.96. The standard InChI is InChI=1S/C17H21N3O4S/c1-12(17(23)19-6-8-24-9-7-19)18-15(21)10-20-13-4-2-3-5-14(13)25-11-16(20)22/h2-5,12H,6-11H2,1H3,(H,18,21)/t12-/m1/s1. The molecule has 3 rings (SSSR count). The molecule has 1 N–H and O–H groups in total. The van der Waals surface area contributed by atoms with Gasteiger partial charge < -0.3 is 19.9 Å². The molecule has 0 aliphatic carbocycles. The smallest absolute Gasteiger partial charge is 0.245 e. The minimum absolute atomic E-state index is 0.0862. The molecule has 2 aliphatic rings. The third kappa shape index (κ3) is 4.13. The summed E-state index contributed by atoms with van der Waals surface area (Å²) < 4.78 is 5.23. The van der Waals surface area contributed by atoms with Crippen LogP contribution in [-0.2, 0) is 19.1 Å². The van der Waals surface area contributed by atoms with E-state index in [2.05, 4.69) is 5.32 Å². The summed E-state index contributed by atoms with van der Waals surface area (Å²) >= 11 is 1.47. The molecule has 1 atom stereocenters. The zero-order valence-electron chi connectivity index (χ0n) is 14.1. The molecule has 2 heterocycles. The number of ether oxygens (including phenoxy) is 1. The van der Waals surface area contributed by atoms with Gasteiger partial charge in [-0.2, -0.15) is 0 Å². The number of fused-ring (bicyclic) bond motifs is 1. The predicted octanol–water partition coefficient (Wildman–Crippen LogP) is 0.489. The van der Waals surface area contributed by atoms with Crippen molar-refractivity contribution in [2.24, 2.45) is 0 Å². The number of thioether (sulfide) groups is 1.